The molecule has 0 amide bonds. The number of alkyl halides is 1. The molecule has 1 rings (SSSR count). The second-order valence-corrected chi connectivity index (χ2v) is 4.77. The molecule has 1 atom stereocenters. The van der Waals surface area contributed by atoms with Gasteiger partial charge in [-0.3, -0.25) is 4.79 Å². The van der Waals surface area contributed by atoms with Gasteiger partial charge >= 0.3 is 5.97 Å². The number of carbonyl (C=O) groups is 1. The van der Waals surface area contributed by atoms with Crippen LogP contribution in [-0.2, 0) is 9.53 Å². The van der Waals surface area contributed by atoms with E-state index < -0.39 is 10.8 Å². The molecular formula is C13H17ClO3. The zero-order valence-corrected chi connectivity index (χ0v) is 10.9. The minimum Gasteiger partial charge on any atom is -0.491 e. The molecule has 0 saturated carbocycles. The summed E-state index contributed by atoms with van der Waals surface area (Å²) in [5, 5.41) is 0. The van der Waals surface area contributed by atoms with Gasteiger partial charge in [-0.15, -0.1) is 11.6 Å². The van der Waals surface area contributed by atoms with Crippen molar-refractivity contribution in [2.75, 3.05) is 13.2 Å². The van der Waals surface area contributed by atoms with E-state index in [1.807, 2.05) is 37.3 Å². The van der Waals surface area contributed by atoms with E-state index in [-0.39, 0.29) is 6.61 Å². The third-order valence-corrected chi connectivity index (χ3v) is 2.38. The van der Waals surface area contributed by atoms with Gasteiger partial charge in [-0.1, -0.05) is 25.1 Å². The summed E-state index contributed by atoms with van der Waals surface area (Å²) in [5.74, 6) is 0.236. The minimum atomic E-state index is -1.15. The monoisotopic (exact) mass is 256 g/mol. The summed E-state index contributed by atoms with van der Waals surface area (Å²) in [5.41, 5.74) is 0. The van der Waals surface area contributed by atoms with E-state index in [0.29, 0.717) is 12.4 Å². The Kier molecular flexibility index (Phi) is 5.29. The standard InChI is InChI=1S/C13H17ClO3/c1-3-9-16-12(15)13(2,14)10-17-11-7-5-4-6-8-11/h4-8H,3,9-10H2,1-2H3. The van der Waals surface area contributed by atoms with E-state index >= 15 is 0 Å². The third kappa shape index (κ3) is 4.65. The average molecular weight is 257 g/mol. The van der Waals surface area contributed by atoms with Crippen LogP contribution in [0.4, 0.5) is 0 Å². The van der Waals surface area contributed by atoms with Crippen molar-refractivity contribution in [3.8, 4) is 5.75 Å². The summed E-state index contributed by atoms with van der Waals surface area (Å²) in [6.07, 6.45) is 0.776. The Labute approximate surface area is 107 Å². The van der Waals surface area contributed by atoms with E-state index in [2.05, 4.69) is 0 Å². The van der Waals surface area contributed by atoms with E-state index in [9.17, 15) is 4.79 Å². The van der Waals surface area contributed by atoms with Gasteiger partial charge in [0.05, 0.1) is 6.61 Å². The van der Waals surface area contributed by atoms with Gasteiger partial charge < -0.3 is 9.47 Å². The van der Waals surface area contributed by atoms with Crippen LogP contribution in [0.5, 0.6) is 5.75 Å². The summed E-state index contributed by atoms with van der Waals surface area (Å²) < 4.78 is 10.4. The maximum atomic E-state index is 11.6. The largest absolute Gasteiger partial charge is 0.491 e. The molecule has 0 saturated heterocycles. The highest BCUT2D eigenvalue weighted by Crippen LogP contribution is 2.19. The van der Waals surface area contributed by atoms with Crippen molar-refractivity contribution in [1.82, 2.24) is 0 Å². The molecule has 0 spiro atoms. The molecule has 0 bridgehead atoms. The predicted octanol–water partition coefficient (Wildman–Crippen LogP) is 3.02. The molecule has 0 aromatic heterocycles. The number of carbonyl (C=O) groups excluding carboxylic acids is 1. The smallest absolute Gasteiger partial charge is 0.330 e. The second kappa shape index (κ2) is 6.50. The highest BCUT2D eigenvalue weighted by atomic mass is 35.5. The van der Waals surface area contributed by atoms with Gasteiger partial charge in [-0.2, -0.15) is 0 Å². The van der Waals surface area contributed by atoms with E-state index in [1.54, 1.807) is 6.92 Å². The summed E-state index contributed by atoms with van der Waals surface area (Å²) in [6, 6.07) is 9.23. The molecule has 94 valence electrons. The number of benzene rings is 1. The Morgan fingerprint density at radius 2 is 2.00 bits per heavy atom. The third-order valence-electron chi connectivity index (χ3n) is 2.12. The number of halogens is 1. The van der Waals surface area contributed by atoms with Crippen LogP contribution in [0.3, 0.4) is 0 Å². The Hall–Kier alpha value is -1.22. The first-order valence-corrected chi connectivity index (χ1v) is 5.98. The van der Waals surface area contributed by atoms with Gasteiger partial charge in [0.25, 0.3) is 0 Å². The van der Waals surface area contributed by atoms with Crippen molar-refractivity contribution in [2.45, 2.75) is 25.1 Å². The van der Waals surface area contributed by atoms with Crippen molar-refractivity contribution in [3.63, 3.8) is 0 Å². The maximum Gasteiger partial charge on any atom is 0.330 e. The molecule has 1 aromatic carbocycles. The molecule has 0 aliphatic rings. The first-order chi connectivity index (χ1) is 8.06. The maximum absolute atomic E-state index is 11.6. The first-order valence-electron chi connectivity index (χ1n) is 5.60. The fraction of sp³-hybridized carbons (Fsp3) is 0.462. The number of hydrogen-bond acceptors (Lipinski definition) is 3. The molecule has 1 unspecified atom stereocenters. The van der Waals surface area contributed by atoms with E-state index in [0.717, 1.165) is 6.42 Å². The van der Waals surface area contributed by atoms with Crippen LogP contribution in [0.25, 0.3) is 0 Å². The van der Waals surface area contributed by atoms with Crippen LogP contribution in [0.2, 0.25) is 0 Å². The van der Waals surface area contributed by atoms with Gasteiger partial charge in [-0.05, 0) is 25.5 Å². The highest BCUT2D eigenvalue weighted by molar-refractivity contribution is 6.33. The zero-order chi connectivity index (χ0) is 12.7. The molecule has 0 aliphatic carbocycles. The molecule has 0 heterocycles. The lowest BCUT2D eigenvalue weighted by atomic mass is 10.2. The van der Waals surface area contributed by atoms with Gasteiger partial charge in [0, 0.05) is 0 Å². The normalized spacial score (nSPS) is 13.8. The number of esters is 1. The molecule has 0 fully saturated rings. The number of para-hydroxylation sites is 1. The molecule has 3 nitrogen and oxygen atoms in total. The SMILES string of the molecule is CCCOC(=O)C(C)(Cl)COc1ccccc1. The molecule has 0 aliphatic heterocycles. The van der Waals surface area contributed by atoms with Crippen LogP contribution >= 0.6 is 11.6 Å². The van der Waals surface area contributed by atoms with Gasteiger partial charge in [0.1, 0.15) is 12.4 Å². The minimum absolute atomic E-state index is 0.0844. The number of hydrogen-bond donors (Lipinski definition) is 0. The van der Waals surface area contributed by atoms with E-state index in [4.69, 9.17) is 21.1 Å². The molecular weight excluding hydrogens is 240 g/mol. The summed E-state index contributed by atoms with van der Waals surface area (Å²) in [7, 11) is 0. The zero-order valence-electron chi connectivity index (χ0n) is 10.1. The van der Waals surface area contributed by atoms with E-state index in [1.165, 1.54) is 0 Å². The molecule has 0 N–H and O–H groups in total. The summed E-state index contributed by atoms with van der Waals surface area (Å²) in [6.45, 7) is 3.99. The Balaban J connectivity index is 2.46. The molecule has 1 aromatic rings. The summed E-state index contributed by atoms with van der Waals surface area (Å²) >= 11 is 6.07. The van der Waals surface area contributed by atoms with Crippen LogP contribution in [0.1, 0.15) is 20.3 Å². The van der Waals surface area contributed by atoms with Crippen LogP contribution in [-0.4, -0.2) is 24.1 Å². The Morgan fingerprint density at radius 3 is 2.59 bits per heavy atom. The fourth-order valence-electron chi connectivity index (χ4n) is 1.14. The first kappa shape index (κ1) is 13.8. The van der Waals surface area contributed by atoms with Crippen molar-refractivity contribution >= 4 is 17.6 Å². The average Bonchev–Trinajstić information content (AvgIpc) is 2.35. The predicted molar refractivity (Wildman–Crippen MR) is 67.4 cm³/mol. The topological polar surface area (TPSA) is 35.5 Å². The lowest BCUT2D eigenvalue weighted by molar-refractivity contribution is -0.147. The molecule has 4 heteroatoms. The highest BCUT2D eigenvalue weighted by Gasteiger charge is 2.33. The number of rotatable bonds is 6. The quantitative estimate of drug-likeness (QED) is 0.580. The Morgan fingerprint density at radius 1 is 1.35 bits per heavy atom. The Bertz CT molecular complexity index is 349. The van der Waals surface area contributed by atoms with Crippen LogP contribution < -0.4 is 4.74 Å². The van der Waals surface area contributed by atoms with Crippen LogP contribution in [0, 0.1) is 0 Å². The van der Waals surface area contributed by atoms with Crippen molar-refractivity contribution in [3.05, 3.63) is 30.3 Å². The van der Waals surface area contributed by atoms with Crippen molar-refractivity contribution in [2.24, 2.45) is 0 Å². The number of ether oxygens (including phenoxy) is 2. The molecule has 0 radical (unpaired) electrons. The van der Waals surface area contributed by atoms with Crippen LogP contribution in [0.15, 0.2) is 30.3 Å². The van der Waals surface area contributed by atoms with Crippen molar-refractivity contribution in [1.29, 1.82) is 0 Å². The summed E-state index contributed by atoms with van der Waals surface area (Å²) in [4.78, 5) is 10.5. The van der Waals surface area contributed by atoms with Gasteiger partial charge in [0.2, 0.25) is 0 Å². The fourth-order valence-corrected chi connectivity index (χ4v) is 1.25. The second-order valence-electron chi connectivity index (χ2n) is 3.94. The lowest BCUT2D eigenvalue weighted by Gasteiger charge is -2.20. The van der Waals surface area contributed by atoms with Gasteiger partial charge in [0.15, 0.2) is 4.87 Å². The lowest BCUT2D eigenvalue weighted by Crippen LogP contribution is -2.37. The van der Waals surface area contributed by atoms with Crippen molar-refractivity contribution < 1.29 is 14.3 Å². The molecule has 17 heavy (non-hydrogen) atoms. The van der Waals surface area contributed by atoms with Gasteiger partial charge in [-0.25, -0.2) is 0 Å².